The van der Waals surface area contributed by atoms with Crippen LogP contribution in [0.1, 0.15) is 31.9 Å². The Morgan fingerprint density at radius 2 is 1.90 bits per heavy atom. The number of hydrogen-bond acceptors (Lipinski definition) is 3. The van der Waals surface area contributed by atoms with E-state index in [0.29, 0.717) is 6.04 Å². The third kappa shape index (κ3) is 4.54. The molecule has 1 heterocycles. The van der Waals surface area contributed by atoms with Gasteiger partial charge >= 0.3 is 0 Å². The molecule has 2 atom stereocenters. The lowest BCUT2D eigenvalue weighted by Crippen LogP contribution is -2.45. The van der Waals surface area contributed by atoms with Crippen LogP contribution in [0.4, 0.5) is 4.39 Å². The van der Waals surface area contributed by atoms with Crippen LogP contribution in [0.3, 0.4) is 0 Å². The highest BCUT2D eigenvalue weighted by Gasteiger charge is 2.17. The second-order valence-corrected chi connectivity index (χ2v) is 5.49. The lowest BCUT2D eigenvalue weighted by molar-refractivity contribution is 0.0338. The monoisotopic (exact) mass is 280 g/mol. The molecule has 0 aromatic heterocycles. The first kappa shape index (κ1) is 15.4. The number of halogens is 1. The molecule has 20 heavy (non-hydrogen) atoms. The zero-order chi connectivity index (χ0) is 14.4. The molecule has 0 aliphatic carbocycles. The molecular weight excluding hydrogens is 255 g/mol. The summed E-state index contributed by atoms with van der Waals surface area (Å²) in [4.78, 5) is 2.43. The zero-order valence-corrected chi connectivity index (χ0v) is 12.4. The van der Waals surface area contributed by atoms with Gasteiger partial charge in [0.25, 0.3) is 0 Å². The first-order valence-electron chi connectivity index (χ1n) is 7.50. The number of ether oxygens (including phenoxy) is 1. The van der Waals surface area contributed by atoms with Gasteiger partial charge in [0.1, 0.15) is 5.82 Å². The summed E-state index contributed by atoms with van der Waals surface area (Å²) in [6.07, 6.45) is 0.999. The van der Waals surface area contributed by atoms with Gasteiger partial charge in [0.05, 0.1) is 13.2 Å². The fourth-order valence-electron chi connectivity index (χ4n) is 2.71. The third-order valence-corrected chi connectivity index (χ3v) is 3.80. The van der Waals surface area contributed by atoms with E-state index in [-0.39, 0.29) is 11.9 Å². The molecule has 1 saturated heterocycles. The van der Waals surface area contributed by atoms with Crippen molar-refractivity contribution in [3.63, 3.8) is 0 Å². The normalized spacial score (nSPS) is 19.8. The average molecular weight is 280 g/mol. The van der Waals surface area contributed by atoms with E-state index in [1.807, 2.05) is 12.1 Å². The van der Waals surface area contributed by atoms with Gasteiger partial charge in [-0.05, 0) is 31.0 Å². The summed E-state index contributed by atoms with van der Waals surface area (Å²) in [5.74, 6) is -0.176. The van der Waals surface area contributed by atoms with E-state index in [9.17, 15) is 4.39 Å². The second-order valence-electron chi connectivity index (χ2n) is 5.49. The average Bonchev–Trinajstić information content (AvgIpc) is 2.47. The molecule has 112 valence electrons. The Balaban J connectivity index is 1.86. The Morgan fingerprint density at radius 3 is 2.50 bits per heavy atom. The third-order valence-electron chi connectivity index (χ3n) is 3.80. The highest BCUT2D eigenvalue weighted by molar-refractivity contribution is 5.19. The van der Waals surface area contributed by atoms with Gasteiger partial charge in [0, 0.05) is 31.7 Å². The van der Waals surface area contributed by atoms with Crippen molar-refractivity contribution < 1.29 is 9.13 Å². The molecule has 1 aromatic rings. The minimum Gasteiger partial charge on any atom is -0.379 e. The number of benzene rings is 1. The Kier molecular flexibility index (Phi) is 5.95. The van der Waals surface area contributed by atoms with Crippen molar-refractivity contribution in [1.82, 2.24) is 10.2 Å². The number of nitrogens with one attached hydrogen (secondary N) is 1. The van der Waals surface area contributed by atoms with Gasteiger partial charge in [-0.3, -0.25) is 4.90 Å². The summed E-state index contributed by atoms with van der Waals surface area (Å²) in [6, 6.07) is 7.50. The molecule has 0 saturated carbocycles. The number of nitrogens with zero attached hydrogens (tertiary/aromatic N) is 1. The fourth-order valence-corrected chi connectivity index (χ4v) is 2.71. The first-order chi connectivity index (χ1) is 9.69. The van der Waals surface area contributed by atoms with E-state index in [1.165, 1.54) is 12.1 Å². The van der Waals surface area contributed by atoms with E-state index in [2.05, 4.69) is 24.1 Å². The molecule has 1 N–H and O–H groups in total. The van der Waals surface area contributed by atoms with Crippen molar-refractivity contribution in [2.24, 2.45) is 0 Å². The van der Waals surface area contributed by atoms with E-state index in [4.69, 9.17) is 4.74 Å². The molecule has 1 aliphatic heterocycles. The largest absolute Gasteiger partial charge is 0.379 e. The maximum atomic E-state index is 13.0. The maximum Gasteiger partial charge on any atom is 0.123 e. The van der Waals surface area contributed by atoms with Crippen LogP contribution in [0.15, 0.2) is 24.3 Å². The van der Waals surface area contributed by atoms with Crippen molar-refractivity contribution in [1.29, 1.82) is 0 Å². The van der Waals surface area contributed by atoms with Gasteiger partial charge in [0.2, 0.25) is 0 Å². The van der Waals surface area contributed by atoms with Crippen molar-refractivity contribution >= 4 is 0 Å². The standard InChI is InChI=1S/C16H25FN2O/c1-3-16(14-4-6-15(17)7-5-14)18-13(2)12-19-8-10-20-11-9-19/h4-7,13,16,18H,3,8-12H2,1-2H3. The predicted octanol–water partition coefficient (Wildman–Crippen LogP) is 2.59. The van der Waals surface area contributed by atoms with Crippen LogP contribution in [0.2, 0.25) is 0 Å². The summed E-state index contributed by atoms with van der Waals surface area (Å²) in [5, 5.41) is 3.64. The quantitative estimate of drug-likeness (QED) is 0.867. The molecule has 2 unspecified atom stereocenters. The maximum absolute atomic E-state index is 13.0. The smallest absolute Gasteiger partial charge is 0.123 e. The molecule has 2 rings (SSSR count). The number of morpholine rings is 1. The summed E-state index contributed by atoms with van der Waals surface area (Å²) in [6.45, 7) is 9.09. The Bertz CT molecular complexity index is 390. The van der Waals surface area contributed by atoms with Crippen LogP contribution in [-0.2, 0) is 4.74 Å². The lowest BCUT2D eigenvalue weighted by atomic mass is 10.0. The molecule has 1 aliphatic rings. The van der Waals surface area contributed by atoms with E-state index in [1.54, 1.807) is 0 Å². The Hall–Kier alpha value is -0.970. The first-order valence-corrected chi connectivity index (χ1v) is 7.50. The van der Waals surface area contributed by atoms with Crippen molar-refractivity contribution in [2.45, 2.75) is 32.4 Å². The predicted molar refractivity (Wildman–Crippen MR) is 79.3 cm³/mol. The van der Waals surface area contributed by atoms with Gasteiger partial charge in [-0.1, -0.05) is 19.1 Å². The molecule has 1 fully saturated rings. The highest BCUT2D eigenvalue weighted by Crippen LogP contribution is 2.18. The Morgan fingerprint density at radius 1 is 1.25 bits per heavy atom. The molecule has 4 heteroatoms. The molecule has 0 amide bonds. The van der Waals surface area contributed by atoms with Crippen LogP contribution in [0.25, 0.3) is 0 Å². The van der Waals surface area contributed by atoms with Crippen LogP contribution in [0.5, 0.6) is 0 Å². The summed E-state index contributed by atoms with van der Waals surface area (Å²) >= 11 is 0. The van der Waals surface area contributed by atoms with E-state index in [0.717, 1.165) is 44.8 Å². The molecule has 0 bridgehead atoms. The van der Waals surface area contributed by atoms with Crippen molar-refractivity contribution in [2.75, 3.05) is 32.8 Å². The SMILES string of the molecule is CCC(NC(C)CN1CCOCC1)c1ccc(F)cc1. The summed E-state index contributed by atoms with van der Waals surface area (Å²) in [7, 11) is 0. The van der Waals surface area contributed by atoms with Crippen molar-refractivity contribution in [3.05, 3.63) is 35.6 Å². The second kappa shape index (κ2) is 7.72. The van der Waals surface area contributed by atoms with E-state index < -0.39 is 0 Å². The summed E-state index contributed by atoms with van der Waals surface area (Å²) < 4.78 is 18.4. The van der Waals surface area contributed by atoms with Crippen LogP contribution < -0.4 is 5.32 Å². The molecule has 3 nitrogen and oxygen atoms in total. The number of hydrogen-bond donors (Lipinski definition) is 1. The van der Waals surface area contributed by atoms with Gasteiger partial charge in [0.15, 0.2) is 0 Å². The lowest BCUT2D eigenvalue weighted by Gasteiger charge is -2.31. The minimum atomic E-state index is -0.176. The van der Waals surface area contributed by atoms with Crippen LogP contribution in [0, 0.1) is 5.82 Å². The van der Waals surface area contributed by atoms with Gasteiger partial charge in [-0.15, -0.1) is 0 Å². The van der Waals surface area contributed by atoms with Crippen LogP contribution >= 0.6 is 0 Å². The molecule has 0 radical (unpaired) electrons. The van der Waals surface area contributed by atoms with Gasteiger partial charge in [-0.25, -0.2) is 4.39 Å². The molecular formula is C16H25FN2O. The van der Waals surface area contributed by atoms with Gasteiger partial charge < -0.3 is 10.1 Å². The molecule has 1 aromatic carbocycles. The summed E-state index contributed by atoms with van der Waals surface area (Å²) in [5.41, 5.74) is 1.16. The highest BCUT2D eigenvalue weighted by atomic mass is 19.1. The minimum absolute atomic E-state index is 0.176. The van der Waals surface area contributed by atoms with Crippen molar-refractivity contribution in [3.8, 4) is 0 Å². The zero-order valence-electron chi connectivity index (χ0n) is 12.4. The van der Waals surface area contributed by atoms with E-state index >= 15 is 0 Å². The Labute approximate surface area is 121 Å². The van der Waals surface area contributed by atoms with Crippen LogP contribution in [-0.4, -0.2) is 43.8 Å². The topological polar surface area (TPSA) is 24.5 Å². The molecule has 0 spiro atoms. The number of rotatable bonds is 6. The van der Waals surface area contributed by atoms with Gasteiger partial charge in [-0.2, -0.15) is 0 Å². The fraction of sp³-hybridized carbons (Fsp3) is 0.625.